The van der Waals surface area contributed by atoms with Crippen LogP contribution in [0.3, 0.4) is 0 Å². The van der Waals surface area contributed by atoms with Crippen LogP contribution in [0, 0.1) is 0 Å². The third-order valence-electron chi connectivity index (χ3n) is 6.47. The molecule has 0 radical (unpaired) electrons. The van der Waals surface area contributed by atoms with Crippen molar-refractivity contribution in [2.45, 2.75) is 25.5 Å². The van der Waals surface area contributed by atoms with Crippen molar-refractivity contribution in [3.8, 4) is 11.5 Å². The van der Waals surface area contributed by atoms with Gasteiger partial charge in [-0.1, -0.05) is 34.1 Å². The Labute approximate surface area is 238 Å². The fraction of sp³-hybridized carbons (Fsp3) is 0.308. The SMILES string of the molecule is O=C(c1ccccc1Cl)c1c(CO)noc1-c1nnn(Cc2cc(C(F)(F)F)cc(C(F)(F)F)c2)c1N1CCOCC1. The van der Waals surface area contributed by atoms with Crippen molar-refractivity contribution in [2.24, 2.45) is 0 Å². The molecule has 0 atom stereocenters. The number of ether oxygens (including phenoxy) is 1. The number of carbonyl (C=O) groups is 1. The zero-order chi connectivity index (χ0) is 30.2. The predicted molar refractivity (Wildman–Crippen MR) is 135 cm³/mol. The van der Waals surface area contributed by atoms with Crippen LogP contribution in [0.2, 0.25) is 5.02 Å². The zero-order valence-corrected chi connectivity index (χ0v) is 22.1. The van der Waals surface area contributed by atoms with Crippen LogP contribution in [0.15, 0.2) is 47.0 Å². The number of ketones is 1. The molecule has 4 aromatic rings. The number of hydrogen-bond donors (Lipinski definition) is 1. The molecule has 0 bridgehead atoms. The monoisotopic (exact) mass is 615 g/mol. The average molecular weight is 616 g/mol. The topological polar surface area (TPSA) is 107 Å². The van der Waals surface area contributed by atoms with Gasteiger partial charge >= 0.3 is 12.4 Å². The van der Waals surface area contributed by atoms with Crippen LogP contribution < -0.4 is 4.90 Å². The fourth-order valence-electron chi connectivity index (χ4n) is 4.54. The van der Waals surface area contributed by atoms with Crippen LogP contribution in [0.5, 0.6) is 0 Å². The molecule has 1 fully saturated rings. The Balaban J connectivity index is 1.65. The zero-order valence-electron chi connectivity index (χ0n) is 21.3. The lowest BCUT2D eigenvalue weighted by Gasteiger charge is -2.29. The molecule has 5 rings (SSSR count). The molecule has 2 aromatic carbocycles. The highest BCUT2D eigenvalue weighted by molar-refractivity contribution is 6.35. The van der Waals surface area contributed by atoms with Gasteiger partial charge in [-0.15, -0.1) is 5.10 Å². The van der Waals surface area contributed by atoms with E-state index in [1.807, 2.05) is 0 Å². The highest BCUT2D eigenvalue weighted by atomic mass is 35.5. The molecule has 0 saturated carbocycles. The molecular weight excluding hydrogens is 596 g/mol. The Kier molecular flexibility index (Phi) is 8.00. The van der Waals surface area contributed by atoms with Crippen LogP contribution in [0.1, 0.15) is 38.3 Å². The molecular formula is C26H20ClF6N5O4. The fourth-order valence-corrected chi connectivity index (χ4v) is 4.76. The van der Waals surface area contributed by atoms with E-state index in [2.05, 4.69) is 15.5 Å². The van der Waals surface area contributed by atoms with Gasteiger partial charge in [0.1, 0.15) is 5.69 Å². The maximum Gasteiger partial charge on any atom is 0.416 e. The molecule has 0 spiro atoms. The van der Waals surface area contributed by atoms with Gasteiger partial charge in [0.25, 0.3) is 0 Å². The van der Waals surface area contributed by atoms with Crippen LogP contribution in [-0.2, 0) is 30.2 Å². The first-order valence-electron chi connectivity index (χ1n) is 12.3. The van der Waals surface area contributed by atoms with Crippen molar-refractivity contribution in [1.82, 2.24) is 20.2 Å². The Morgan fingerprint density at radius 3 is 2.24 bits per heavy atom. The molecule has 3 heterocycles. The number of aromatic nitrogens is 4. The molecule has 0 unspecified atom stereocenters. The first-order valence-corrected chi connectivity index (χ1v) is 12.7. The van der Waals surface area contributed by atoms with Crippen LogP contribution in [0.4, 0.5) is 32.2 Å². The van der Waals surface area contributed by atoms with E-state index in [4.69, 9.17) is 20.9 Å². The van der Waals surface area contributed by atoms with Crippen molar-refractivity contribution in [2.75, 3.05) is 31.2 Å². The first-order chi connectivity index (χ1) is 19.9. The van der Waals surface area contributed by atoms with Crippen molar-refractivity contribution in [1.29, 1.82) is 0 Å². The molecule has 1 N–H and O–H groups in total. The minimum Gasteiger partial charge on any atom is -0.390 e. The summed E-state index contributed by atoms with van der Waals surface area (Å²) in [5.41, 5.74) is -3.60. The number of nitrogens with zero attached hydrogens (tertiary/aromatic N) is 5. The van der Waals surface area contributed by atoms with Gasteiger partial charge < -0.3 is 19.3 Å². The number of aliphatic hydroxyl groups excluding tert-OH is 1. The number of morpholine rings is 1. The van der Waals surface area contributed by atoms with E-state index in [9.17, 15) is 36.2 Å². The second kappa shape index (κ2) is 11.4. The van der Waals surface area contributed by atoms with Gasteiger partial charge in [-0.05, 0) is 35.9 Å². The summed E-state index contributed by atoms with van der Waals surface area (Å²) in [7, 11) is 0. The molecule has 9 nitrogen and oxygen atoms in total. The molecule has 0 amide bonds. The van der Waals surface area contributed by atoms with E-state index >= 15 is 0 Å². The largest absolute Gasteiger partial charge is 0.416 e. The lowest BCUT2D eigenvalue weighted by Crippen LogP contribution is -2.38. The number of anilines is 1. The number of halogens is 7. The molecule has 16 heteroatoms. The second-order valence-electron chi connectivity index (χ2n) is 9.23. The summed E-state index contributed by atoms with van der Waals surface area (Å²) < 4.78 is 92.9. The van der Waals surface area contributed by atoms with Crippen LogP contribution >= 0.6 is 11.6 Å². The highest BCUT2D eigenvalue weighted by Crippen LogP contribution is 2.38. The summed E-state index contributed by atoms with van der Waals surface area (Å²) in [6.07, 6.45) is -10.1. The van der Waals surface area contributed by atoms with E-state index in [0.717, 1.165) is 4.68 Å². The van der Waals surface area contributed by atoms with Gasteiger partial charge in [-0.2, -0.15) is 26.3 Å². The molecule has 2 aromatic heterocycles. The Morgan fingerprint density at radius 1 is 1.00 bits per heavy atom. The van der Waals surface area contributed by atoms with Gasteiger partial charge in [0.2, 0.25) is 11.5 Å². The number of rotatable bonds is 7. The van der Waals surface area contributed by atoms with E-state index < -0.39 is 42.4 Å². The smallest absolute Gasteiger partial charge is 0.390 e. The molecule has 222 valence electrons. The maximum absolute atomic E-state index is 13.6. The van der Waals surface area contributed by atoms with Gasteiger partial charge in [0, 0.05) is 18.7 Å². The normalized spacial score (nSPS) is 14.4. The van der Waals surface area contributed by atoms with E-state index in [1.165, 1.54) is 12.1 Å². The van der Waals surface area contributed by atoms with E-state index in [1.54, 1.807) is 17.0 Å². The van der Waals surface area contributed by atoms with Crippen molar-refractivity contribution in [3.05, 3.63) is 81.0 Å². The number of aliphatic hydroxyl groups is 1. The van der Waals surface area contributed by atoms with Crippen molar-refractivity contribution >= 4 is 23.2 Å². The number of carbonyl (C=O) groups excluding carboxylic acids is 1. The number of alkyl halides is 6. The highest BCUT2D eigenvalue weighted by Gasteiger charge is 2.37. The Hall–Kier alpha value is -3.95. The first kappa shape index (κ1) is 29.5. The average Bonchev–Trinajstić information content (AvgIpc) is 3.56. The predicted octanol–water partition coefficient (Wildman–Crippen LogP) is 5.23. The van der Waals surface area contributed by atoms with Gasteiger partial charge in [0.05, 0.1) is 48.1 Å². The minimum absolute atomic E-state index is 0.0384. The van der Waals surface area contributed by atoms with Crippen LogP contribution in [0.25, 0.3) is 11.5 Å². The standard InChI is InChI=1S/C26H20ClF6N5O4/c27-18-4-2-1-3-17(18)22(40)20-19(13-39)35-42-23(20)21-24(37-5-7-41-8-6-37)38(36-34-21)12-14-9-15(25(28,29)30)11-16(10-14)26(31,32)33/h1-4,9-11,39H,5-8,12-13H2. The summed E-state index contributed by atoms with van der Waals surface area (Å²) in [5, 5.41) is 21.9. The maximum atomic E-state index is 13.6. The molecule has 0 aliphatic carbocycles. The summed E-state index contributed by atoms with van der Waals surface area (Å²) >= 11 is 6.22. The third kappa shape index (κ3) is 5.84. The quantitative estimate of drug-likeness (QED) is 0.223. The van der Waals surface area contributed by atoms with Gasteiger partial charge in [0.15, 0.2) is 11.5 Å². The van der Waals surface area contributed by atoms with E-state index in [0.29, 0.717) is 12.1 Å². The molecule has 1 aliphatic rings. The summed E-state index contributed by atoms with van der Waals surface area (Å²) in [6, 6.07) is 7.37. The molecule has 1 aliphatic heterocycles. The third-order valence-corrected chi connectivity index (χ3v) is 6.80. The lowest BCUT2D eigenvalue weighted by molar-refractivity contribution is -0.143. The molecule has 42 heavy (non-hydrogen) atoms. The van der Waals surface area contributed by atoms with Gasteiger partial charge in [-0.3, -0.25) is 4.79 Å². The lowest BCUT2D eigenvalue weighted by atomic mass is 10.00. The van der Waals surface area contributed by atoms with E-state index in [-0.39, 0.29) is 77.0 Å². The summed E-state index contributed by atoms with van der Waals surface area (Å²) in [5.74, 6) is -0.731. The van der Waals surface area contributed by atoms with Crippen molar-refractivity contribution < 1.29 is 45.5 Å². The minimum atomic E-state index is -5.04. The number of hydrogen-bond acceptors (Lipinski definition) is 8. The number of benzene rings is 2. The second-order valence-corrected chi connectivity index (χ2v) is 9.64. The summed E-state index contributed by atoms with van der Waals surface area (Å²) in [4.78, 5) is 15.2. The summed E-state index contributed by atoms with van der Waals surface area (Å²) in [6.45, 7) is -0.231. The Bertz CT molecular complexity index is 1580. The van der Waals surface area contributed by atoms with Crippen LogP contribution in [-0.4, -0.2) is 57.3 Å². The van der Waals surface area contributed by atoms with Crippen molar-refractivity contribution in [3.63, 3.8) is 0 Å². The Morgan fingerprint density at radius 2 is 1.64 bits per heavy atom. The van der Waals surface area contributed by atoms with Gasteiger partial charge in [-0.25, -0.2) is 4.68 Å². The molecule has 1 saturated heterocycles.